The van der Waals surface area contributed by atoms with Crippen molar-refractivity contribution in [1.82, 2.24) is 10.2 Å². The largest absolute Gasteiger partial charge is 0.497 e. The highest BCUT2D eigenvalue weighted by Crippen LogP contribution is 2.26. The average molecular weight is 365 g/mol. The van der Waals surface area contributed by atoms with Gasteiger partial charge in [0.05, 0.1) is 18.4 Å². The maximum atomic E-state index is 12.4. The zero-order valence-electron chi connectivity index (χ0n) is 14.5. The quantitative estimate of drug-likeness (QED) is 0.726. The van der Waals surface area contributed by atoms with Crippen LogP contribution in [0.3, 0.4) is 0 Å². The van der Waals surface area contributed by atoms with E-state index >= 15 is 0 Å². The van der Waals surface area contributed by atoms with Crippen LogP contribution in [-0.2, 0) is 4.79 Å². The Morgan fingerprint density at radius 2 is 2.00 bits per heavy atom. The van der Waals surface area contributed by atoms with E-state index in [1.54, 1.807) is 30.2 Å². The van der Waals surface area contributed by atoms with Gasteiger partial charge in [0.1, 0.15) is 5.75 Å². The number of methoxy groups -OCH3 is 1. The molecule has 1 aromatic carbocycles. The lowest BCUT2D eigenvalue weighted by atomic mass is 10.1. The maximum absolute atomic E-state index is 12.4. The molecule has 1 amide bonds. The molecular weight excluding hydrogens is 340 g/mol. The first-order valence-corrected chi connectivity index (χ1v) is 9.60. The predicted octanol–water partition coefficient (Wildman–Crippen LogP) is 3.66. The van der Waals surface area contributed by atoms with Crippen molar-refractivity contribution in [3.8, 4) is 5.75 Å². The molecule has 1 N–H and O–H groups in total. The number of carbonyl (C=O) groups is 1. The van der Waals surface area contributed by atoms with E-state index in [9.17, 15) is 4.79 Å². The highest BCUT2D eigenvalue weighted by molar-refractivity contribution is 8.00. The molecule has 2 atom stereocenters. The first kappa shape index (κ1) is 18.8. The number of carbonyl (C=O) groups excluding carboxylic acids is 1. The molecule has 130 valence electrons. The molecule has 0 aliphatic heterocycles. The summed E-state index contributed by atoms with van der Waals surface area (Å²) in [4.78, 5) is 15.6. The smallest absolute Gasteiger partial charge is 0.233 e. The Bertz CT molecular complexity index is 627. The second-order valence-electron chi connectivity index (χ2n) is 5.72. The van der Waals surface area contributed by atoms with E-state index in [2.05, 4.69) is 27.0 Å². The van der Waals surface area contributed by atoms with Crippen LogP contribution < -0.4 is 10.1 Å². The molecule has 1 heterocycles. The van der Waals surface area contributed by atoms with Gasteiger partial charge in [-0.25, -0.2) is 0 Å². The minimum absolute atomic E-state index is 0.0536. The van der Waals surface area contributed by atoms with Crippen molar-refractivity contribution in [2.75, 3.05) is 27.7 Å². The Hall–Kier alpha value is -1.50. The van der Waals surface area contributed by atoms with Crippen molar-refractivity contribution in [1.29, 1.82) is 0 Å². The van der Waals surface area contributed by atoms with Crippen molar-refractivity contribution in [3.63, 3.8) is 0 Å². The number of hydrogen-bond acceptors (Lipinski definition) is 5. The molecule has 0 saturated heterocycles. The van der Waals surface area contributed by atoms with Gasteiger partial charge < -0.3 is 15.0 Å². The lowest BCUT2D eigenvalue weighted by molar-refractivity contribution is -0.120. The Kier molecular flexibility index (Phi) is 7.15. The molecule has 0 saturated carbocycles. The highest BCUT2D eigenvalue weighted by Gasteiger charge is 2.19. The van der Waals surface area contributed by atoms with Crippen LogP contribution in [0.5, 0.6) is 5.75 Å². The van der Waals surface area contributed by atoms with Gasteiger partial charge in [-0.3, -0.25) is 4.79 Å². The summed E-state index contributed by atoms with van der Waals surface area (Å²) in [5.74, 6) is 0.874. The van der Waals surface area contributed by atoms with Gasteiger partial charge in [-0.05, 0) is 67.7 Å². The SMILES string of the molecule is COc1ccc(S[C@@H](C)C(=O)NC[C@H](c2ccsc2)N(C)C)cc1. The van der Waals surface area contributed by atoms with E-state index in [1.165, 1.54) is 5.56 Å². The van der Waals surface area contributed by atoms with Gasteiger partial charge in [0, 0.05) is 11.4 Å². The van der Waals surface area contributed by atoms with Gasteiger partial charge in [-0.1, -0.05) is 0 Å². The van der Waals surface area contributed by atoms with Crippen LogP contribution in [0.15, 0.2) is 46.0 Å². The molecule has 0 unspecified atom stereocenters. The van der Waals surface area contributed by atoms with Crippen LogP contribution in [0.25, 0.3) is 0 Å². The Balaban J connectivity index is 1.88. The van der Waals surface area contributed by atoms with Gasteiger partial charge in [-0.2, -0.15) is 11.3 Å². The highest BCUT2D eigenvalue weighted by atomic mass is 32.2. The van der Waals surface area contributed by atoms with Crippen molar-refractivity contribution >= 4 is 29.0 Å². The summed E-state index contributed by atoms with van der Waals surface area (Å²) in [5.41, 5.74) is 1.24. The van der Waals surface area contributed by atoms with E-state index in [1.807, 2.05) is 45.3 Å². The summed E-state index contributed by atoms with van der Waals surface area (Å²) in [6.45, 7) is 2.54. The molecular formula is C18H24N2O2S2. The molecule has 1 aromatic heterocycles. The molecule has 24 heavy (non-hydrogen) atoms. The summed E-state index contributed by atoms with van der Waals surface area (Å²) in [5, 5.41) is 7.12. The number of nitrogens with zero attached hydrogens (tertiary/aromatic N) is 1. The number of hydrogen-bond donors (Lipinski definition) is 1. The van der Waals surface area contributed by atoms with Gasteiger partial charge >= 0.3 is 0 Å². The van der Waals surface area contributed by atoms with Gasteiger partial charge in [0.25, 0.3) is 0 Å². The zero-order valence-corrected chi connectivity index (χ0v) is 16.1. The van der Waals surface area contributed by atoms with E-state index in [0.29, 0.717) is 6.54 Å². The second-order valence-corrected chi connectivity index (χ2v) is 7.91. The molecule has 2 rings (SSSR count). The van der Waals surface area contributed by atoms with Crippen LogP contribution in [0.4, 0.5) is 0 Å². The number of amides is 1. The number of thioether (sulfide) groups is 1. The first-order valence-electron chi connectivity index (χ1n) is 7.78. The first-order chi connectivity index (χ1) is 11.5. The standard InChI is InChI=1S/C18H24N2O2S2/c1-13(24-16-7-5-15(22-4)6-8-16)18(21)19-11-17(20(2)3)14-9-10-23-12-14/h5-10,12-13,17H,11H2,1-4H3,(H,19,21)/t13-,17+/m0/s1. The van der Waals surface area contributed by atoms with Crippen molar-refractivity contribution in [2.24, 2.45) is 0 Å². The molecule has 6 heteroatoms. The Labute approximate surface area is 152 Å². The summed E-state index contributed by atoms with van der Waals surface area (Å²) < 4.78 is 5.15. The molecule has 0 fully saturated rings. The molecule has 4 nitrogen and oxygen atoms in total. The average Bonchev–Trinajstić information content (AvgIpc) is 3.09. The summed E-state index contributed by atoms with van der Waals surface area (Å²) in [7, 11) is 5.71. The molecule has 0 spiro atoms. The predicted molar refractivity (Wildman–Crippen MR) is 102 cm³/mol. The number of thiophene rings is 1. The van der Waals surface area contributed by atoms with Crippen LogP contribution in [0.1, 0.15) is 18.5 Å². The Morgan fingerprint density at radius 1 is 1.29 bits per heavy atom. The zero-order chi connectivity index (χ0) is 17.5. The third-order valence-electron chi connectivity index (χ3n) is 3.76. The van der Waals surface area contributed by atoms with E-state index in [4.69, 9.17) is 4.74 Å². The third-order valence-corrected chi connectivity index (χ3v) is 5.58. The number of likely N-dealkylation sites (N-methyl/N-ethyl adjacent to an activating group) is 1. The van der Waals surface area contributed by atoms with E-state index in [0.717, 1.165) is 10.6 Å². The van der Waals surface area contributed by atoms with Crippen molar-refractivity contribution in [2.45, 2.75) is 23.1 Å². The summed E-state index contributed by atoms with van der Waals surface area (Å²) in [6, 6.07) is 10.1. The lowest BCUT2D eigenvalue weighted by Gasteiger charge is -2.24. The lowest BCUT2D eigenvalue weighted by Crippen LogP contribution is -2.37. The third kappa shape index (κ3) is 5.26. The minimum atomic E-state index is -0.149. The topological polar surface area (TPSA) is 41.6 Å². The molecule has 0 bridgehead atoms. The van der Waals surface area contributed by atoms with Crippen LogP contribution in [0, 0.1) is 0 Å². The number of ether oxygens (including phenoxy) is 1. The van der Waals surface area contributed by atoms with Crippen LogP contribution in [0.2, 0.25) is 0 Å². The van der Waals surface area contributed by atoms with Gasteiger partial charge in [0.2, 0.25) is 5.91 Å². The fourth-order valence-electron chi connectivity index (χ4n) is 2.32. The maximum Gasteiger partial charge on any atom is 0.233 e. The second kappa shape index (κ2) is 9.11. The van der Waals surface area contributed by atoms with E-state index < -0.39 is 0 Å². The van der Waals surface area contributed by atoms with Gasteiger partial charge in [-0.15, -0.1) is 11.8 Å². The monoisotopic (exact) mass is 364 g/mol. The van der Waals surface area contributed by atoms with E-state index in [-0.39, 0.29) is 17.2 Å². The Morgan fingerprint density at radius 3 is 2.54 bits per heavy atom. The van der Waals surface area contributed by atoms with Crippen molar-refractivity contribution < 1.29 is 9.53 Å². The number of benzene rings is 1. The fourth-order valence-corrected chi connectivity index (χ4v) is 3.91. The fraction of sp³-hybridized carbons (Fsp3) is 0.389. The molecule has 0 radical (unpaired) electrons. The van der Waals surface area contributed by atoms with Gasteiger partial charge in [0.15, 0.2) is 0 Å². The summed E-state index contributed by atoms with van der Waals surface area (Å²) in [6.07, 6.45) is 0. The normalized spacial score (nSPS) is 13.5. The molecule has 0 aliphatic carbocycles. The van der Waals surface area contributed by atoms with Crippen LogP contribution in [-0.4, -0.2) is 43.8 Å². The number of nitrogens with one attached hydrogen (secondary N) is 1. The number of rotatable bonds is 8. The minimum Gasteiger partial charge on any atom is -0.497 e. The summed E-state index contributed by atoms with van der Waals surface area (Å²) >= 11 is 3.23. The van der Waals surface area contributed by atoms with Crippen LogP contribution >= 0.6 is 23.1 Å². The molecule has 0 aliphatic rings. The van der Waals surface area contributed by atoms with Crippen molar-refractivity contribution in [3.05, 3.63) is 46.7 Å². The molecule has 2 aromatic rings.